The van der Waals surface area contributed by atoms with E-state index in [0.29, 0.717) is 5.92 Å². The van der Waals surface area contributed by atoms with Crippen LogP contribution in [0, 0.1) is 0 Å². The summed E-state index contributed by atoms with van der Waals surface area (Å²) in [4.78, 5) is 11.5. The minimum Gasteiger partial charge on any atom is -0.481 e. The van der Waals surface area contributed by atoms with Gasteiger partial charge in [0.05, 0.1) is 12.0 Å². The van der Waals surface area contributed by atoms with E-state index in [1.165, 1.54) is 5.56 Å². The predicted octanol–water partition coefficient (Wildman–Crippen LogP) is 5.58. The van der Waals surface area contributed by atoms with Crippen LogP contribution in [0.2, 0.25) is 18.1 Å². The van der Waals surface area contributed by atoms with Crippen molar-refractivity contribution in [1.29, 1.82) is 0 Å². The van der Waals surface area contributed by atoms with Gasteiger partial charge in [0.25, 0.3) is 0 Å². The minimum absolute atomic E-state index is 0.0920. The third-order valence-corrected chi connectivity index (χ3v) is 10.5. The summed E-state index contributed by atoms with van der Waals surface area (Å²) in [6.45, 7) is 11.1. The molecule has 0 aromatic heterocycles. The van der Waals surface area contributed by atoms with Gasteiger partial charge >= 0.3 is 5.97 Å². The maximum Gasteiger partial charge on any atom is 0.306 e. The van der Waals surface area contributed by atoms with Gasteiger partial charge in [0.1, 0.15) is 0 Å². The molecule has 1 N–H and O–H groups in total. The molecule has 0 spiro atoms. The lowest BCUT2D eigenvalue weighted by Gasteiger charge is -2.48. The smallest absolute Gasteiger partial charge is 0.306 e. The van der Waals surface area contributed by atoms with Crippen molar-refractivity contribution in [2.45, 2.75) is 82.5 Å². The van der Waals surface area contributed by atoms with Crippen molar-refractivity contribution in [3.05, 3.63) is 35.9 Å². The lowest BCUT2D eigenvalue weighted by atomic mass is 9.75. The number of carbonyl (C=O) groups is 1. The Balaban J connectivity index is 2.15. The molecule has 0 unspecified atom stereocenters. The number of benzene rings is 1. The second-order valence-electron chi connectivity index (χ2n) is 8.80. The zero-order chi connectivity index (χ0) is 18.0. The number of hydrogen-bond acceptors (Lipinski definition) is 2. The van der Waals surface area contributed by atoms with E-state index in [1.54, 1.807) is 0 Å². The van der Waals surface area contributed by atoms with E-state index >= 15 is 0 Å². The lowest BCUT2D eigenvalue weighted by Crippen LogP contribution is -2.51. The Morgan fingerprint density at radius 3 is 2.21 bits per heavy atom. The molecule has 0 aliphatic heterocycles. The van der Waals surface area contributed by atoms with Crippen molar-refractivity contribution < 1.29 is 14.3 Å². The van der Waals surface area contributed by atoms with E-state index in [2.05, 4.69) is 58.1 Å². The molecule has 3 nitrogen and oxygen atoms in total. The van der Waals surface area contributed by atoms with Gasteiger partial charge in [-0.05, 0) is 55.3 Å². The molecule has 1 fully saturated rings. The highest BCUT2D eigenvalue weighted by Crippen LogP contribution is 2.47. The molecule has 0 bridgehead atoms. The van der Waals surface area contributed by atoms with E-state index in [-0.39, 0.29) is 11.5 Å². The van der Waals surface area contributed by atoms with Crippen molar-refractivity contribution in [2.24, 2.45) is 0 Å². The Morgan fingerprint density at radius 1 is 1.21 bits per heavy atom. The molecular weight excluding hydrogens is 316 g/mol. The predicted molar refractivity (Wildman–Crippen MR) is 101 cm³/mol. The van der Waals surface area contributed by atoms with Crippen LogP contribution in [-0.2, 0) is 9.22 Å². The van der Waals surface area contributed by atoms with Crippen molar-refractivity contribution in [2.75, 3.05) is 0 Å². The average molecular weight is 349 g/mol. The van der Waals surface area contributed by atoms with E-state index in [9.17, 15) is 9.90 Å². The van der Waals surface area contributed by atoms with Crippen LogP contribution in [0.1, 0.15) is 64.4 Å². The highest BCUT2D eigenvalue weighted by atomic mass is 28.4. The molecule has 134 valence electrons. The summed E-state index contributed by atoms with van der Waals surface area (Å²) in [6, 6.07) is 10.6. The molecule has 0 heterocycles. The fraction of sp³-hybridized carbons (Fsp3) is 0.650. The topological polar surface area (TPSA) is 46.5 Å². The summed E-state index contributed by atoms with van der Waals surface area (Å²) in [5, 5.41) is 9.54. The van der Waals surface area contributed by atoms with Gasteiger partial charge in [-0.25, -0.2) is 0 Å². The van der Waals surface area contributed by atoms with Gasteiger partial charge in [-0.1, -0.05) is 51.1 Å². The van der Waals surface area contributed by atoms with E-state index in [1.807, 2.05) is 6.07 Å². The molecule has 2 rings (SSSR count). The van der Waals surface area contributed by atoms with Crippen LogP contribution >= 0.6 is 0 Å². The van der Waals surface area contributed by atoms with Gasteiger partial charge < -0.3 is 9.53 Å². The summed E-state index contributed by atoms with van der Waals surface area (Å²) in [5.74, 6) is -0.219. The van der Waals surface area contributed by atoms with Crippen molar-refractivity contribution in [3.8, 4) is 0 Å². The van der Waals surface area contributed by atoms with Gasteiger partial charge in [-0.2, -0.15) is 0 Å². The molecular formula is C20H32O3Si. The number of carboxylic acids is 1. The fourth-order valence-corrected chi connectivity index (χ4v) is 5.15. The van der Waals surface area contributed by atoms with Crippen LogP contribution in [-0.4, -0.2) is 25.0 Å². The first-order valence-electron chi connectivity index (χ1n) is 9.02. The maximum absolute atomic E-state index is 11.5. The number of hydrogen-bond donors (Lipinski definition) is 1. The number of aliphatic carboxylic acids is 1. The first-order chi connectivity index (χ1) is 11.0. The van der Waals surface area contributed by atoms with Gasteiger partial charge in [0.2, 0.25) is 0 Å². The van der Waals surface area contributed by atoms with Crippen LogP contribution in [0.5, 0.6) is 0 Å². The van der Waals surface area contributed by atoms with Gasteiger partial charge in [0, 0.05) is 0 Å². The Labute approximate surface area is 147 Å². The monoisotopic (exact) mass is 348 g/mol. The SMILES string of the molecule is CC(C)(C)[Si](C)(C)OC1(CC(=O)O)CCC(c2ccccc2)CC1. The van der Waals surface area contributed by atoms with Crippen LogP contribution < -0.4 is 0 Å². The maximum atomic E-state index is 11.5. The molecule has 0 radical (unpaired) electrons. The summed E-state index contributed by atoms with van der Waals surface area (Å²) in [5.41, 5.74) is 0.883. The van der Waals surface area contributed by atoms with E-state index < -0.39 is 19.9 Å². The minimum atomic E-state index is -2.00. The van der Waals surface area contributed by atoms with Crippen molar-refractivity contribution in [1.82, 2.24) is 0 Å². The molecule has 1 aromatic carbocycles. The standard InChI is InChI=1S/C20H32O3Si/c1-19(2,3)24(4,5)23-20(15-18(21)22)13-11-17(12-14-20)16-9-7-6-8-10-16/h6-10,17H,11-15H2,1-5H3,(H,21,22). The summed E-state index contributed by atoms with van der Waals surface area (Å²) < 4.78 is 6.68. The molecule has 0 atom stereocenters. The average Bonchev–Trinajstić information content (AvgIpc) is 2.46. The zero-order valence-electron chi connectivity index (χ0n) is 15.8. The first-order valence-corrected chi connectivity index (χ1v) is 11.9. The van der Waals surface area contributed by atoms with Gasteiger partial charge in [-0.3, -0.25) is 4.79 Å². The zero-order valence-corrected chi connectivity index (χ0v) is 16.8. The number of rotatable bonds is 5. The highest BCUT2D eigenvalue weighted by Gasteiger charge is 2.47. The van der Waals surface area contributed by atoms with E-state index in [0.717, 1.165) is 25.7 Å². The fourth-order valence-electron chi connectivity index (χ4n) is 3.49. The second-order valence-corrected chi connectivity index (χ2v) is 13.5. The van der Waals surface area contributed by atoms with Crippen LogP contribution in [0.25, 0.3) is 0 Å². The molecule has 1 aromatic rings. The Hall–Kier alpha value is -1.13. The first kappa shape index (κ1) is 19.2. The second kappa shape index (κ2) is 7.01. The van der Waals surface area contributed by atoms with Crippen molar-refractivity contribution in [3.63, 3.8) is 0 Å². The van der Waals surface area contributed by atoms with Gasteiger partial charge in [-0.15, -0.1) is 0 Å². The Morgan fingerprint density at radius 2 is 1.75 bits per heavy atom. The molecule has 1 saturated carbocycles. The quantitative estimate of drug-likeness (QED) is 0.707. The Bertz CT molecular complexity index is 552. The molecule has 24 heavy (non-hydrogen) atoms. The molecule has 1 aliphatic rings. The molecule has 0 amide bonds. The third kappa shape index (κ3) is 4.48. The van der Waals surface area contributed by atoms with Crippen LogP contribution in [0.15, 0.2) is 30.3 Å². The third-order valence-electron chi connectivity index (χ3n) is 5.92. The molecule has 1 aliphatic carbocycles. The largest absolute Gasteiger partial charge is 0.481 e. The van der Waals surface area contributed by atoms with Gasteiger partial charge in [0.15, 0.2) is 8.32 Å². The lowest BCUT2D eigenvalue weighted by molar-refractivity contribution is -0.143. The summed E-state index contributed by atoms with van der Waals surface area (Å²) in [7, 11) is -2.00. The number of carboxylic acid groups (broad SMARTS) is 1. The van der Waals surface area contributed by atoms with E-state index in [4.69, 9.17) is 4.43 Å². The van der Waals surface area contributed by atoms with Crippen molar-refractivity contribution >= 4 is 14.3 Å². The Kier molecular flexibility index (Phi) is 5.60. The van der Waals surface area contributed by atoms with Crippen LogP contribution in [0.3, 0.4) is 0 Å². The summed E-state index contributed by atoms with van der Waals surface area (Å²) >= 11 is 0. The van der Waals surface area contributed by atoms with Crippen LogP contribution in [0.4, 0.5) is 0 Å². The summed E-state index contributed by atoms with van der Waals surface area (Å²) in [6.07, 6.45) is 3.82. The highest BCUT2D eigenvalue weighted by molar-refractivity contribution is 6.74. The normalized spacial score (nSPS) is 25.5. The molecule has 4 heteroatoms. The molecule has 0 saturated heterocycles.